The number of rotatable bonds is 3. The predicted molar refractivity (Wildman–Crippen MR) is 86.8 cm³/mol. The maximum atomic E-state index is 13.6. The van der Waals surface area contributed by atoms with Gasteiger partial charge >= 0.3 is 0 Å². The van der Waals surface area contributed by atoms with Crippen LogP contribution in [0.15, 0.2) is 42.5 Å². The van der Waals surface area contributed by atoms with Gasteiger partial charge in [0, 0.05) is 11.8 Å². The van der Waals surface area contributed by atoms with E-state index in [0.29, 0.717) is 11.8 Å². The number of amides is 2. The van der Waals surface area contributed by atoms with Crippen molar-refractivity contribution in [3.63, 3.8) is 0 Å². The molecule has 0 fully saturated rings. The third-order valence-electron chi connectivity index (χ3n) is 4.15. The summed E-state index contributed by atoms with van der Waals surface area (Å²) in [5.41, 5.74) is 0.663. The number of para-hydroxylation sites is 1. The van der Waals surface area contributed by atoms with E-state index in [1.54, 1.807) is 26.0 Å². The Bertz CT molecular complexity index is 834. The summed E-state index contributed by atoms with van der Waals surface area (Å²) in [6.07, 6.45) is 0. The van der Waals surface area contributed by atoms with Gasteiger partial charge < -0.3 is 10.2 Å². The van der Waals surface area contributed by atoms with Gasteiger partial charge in [-0.25, -0.2) is 8.78 Å². The molecule has 0 saturated carbocycles. The average Bonchev–Trinajstić information content (AvgIpc) is 2.72. The topological polar surface area (TPSA) is 49.4 Å². The van der Waals surface area contributed by atoms with Crippen LogP contribution in [0.3, 0.4) is 0 Å². The summed E-state index contributed by atoms with van der Waals surface area (Å²) < 4.78 is 26.5. The molecule has 0 atom stereocenters. The third-order valence-corrected chi connectivity index (χ3v) is 4.15. The Morgan fingerprint density at radius 2 is 1.88 bits per heavy atom. The number of hydrogen-bond donors (Lipinski definition) is 1. The molecule has 0 aliphatic carbocycles. The van der Waals surface area contributed by atoms with Crippen LogP contribution in [0, 0.1) is 11.6 Å². The number of anilines is 2. The van der Waals surface area contributed by atoms with Crippen molar-refractivity contribution in [1.29, 1.82) is 0 Å². The molecule has 1 heterocycles. The van der Waals surface area contributed by atoms with Crippen LogP contribution < -0.4 is 10.2 Å². The van der Waals surface area contributed by atoms with Crippen LogP contribution in [-0.4, -0.2) is 18.4 Å². The molecule has 4 nitrogen and oxygen atoms in total. The fourth-order valence-electron chi connectivity index (χ4n) is 2.88. The van der Waals surface area contributed by atoms with Gasteiger partial charge in [0.15, 0.2) is 0 Å². The zero-order valence-electron chi connectivity index (χ0n) is 13.3. The van der Waals surface area contributed by atoms with Gasteiger partial charge in [-0.1, -0.05) is 18.2 Å². The van der Waals surface area contributed by atoms with Crippen molar-refractivity contribution in [1.82, 2.24) is 0 Å². The first-order valence-corrected chi connectivity index (χ1v) is 7.47. The quantitative estimate of drug-likeness (QED) is 0.939. The molecule has 1 aliphatic rings. The normalized spacial score (nSPS) is 15.3. The Kier molecular flexibility index (Phi) is 3.83. The van der Waals surface area contributed by atoms with Gasteiger partial charge in [0.05, 0.1) is 11.1 Å². The minimum absolute atomic E-state index is 0.124. The Balaban J connectivity index is 1.81. The summed E-state index contributed by atoms with van der Waals surface area (Å²) in [4.78, 5) is 26.2. The fraction of sp³-hybridized carbons (Fsp3) is 0.222. The molecule has 124 valence electrons. The molecule has 0 aromatic heterocycles. The first-order chi connectivity index (χ1) is 11.3. The lowest BCUT2D eigenvalue weighted by Crippen LogP contribution is -2.40. The van der Waals surface area contributed by atoms with E-state index < -0.39 is 23.0 Å². The first-order valence-electron chi connectivity index (χ1n) is 7.47. The SMILES string of the molecule is CC1(C)C(=O)N(CC(=O)Nc2ccc(F)cc2F)c2ccccc21. The molecular formula is C18H16F2N2O2. The van der Waals surface area contributed by atoms with Crippen molar-refractivity contribution >= 4 is 23.2 Å². The summed E-state index contributed by atoms with van der Waals surface area (Å²) in [6.45, 7) is 3.35. The lowest BCUT2D eigenvalue weighted by molar-refractivity contribution is -0.124. The molecule has 1 N–H and O–H groups in total. The van der Waals surface area contributed by atoms with E-state index in [0.717, 1.165) is 17.7 Å². The van der Waals surface area contributed by atoms with Crippen molar-refractivity contribution in [2.75, 3.05) is 16.8 Å². The zero-order valence-corrected chi connectivity index (χ0v) is 13.3. The number of hydrogen-bond acceptors (Lipinski definition) is 2. The standard InChI is InChI=1S/C18H16F2N2O2/c1-18(2)12-5-3-4-6-15(12)22(17(18)24)10-16(23)21-14-8-7-11(19)9-13(14)20/h3-9H,10H2,1-2H3,(H,21,23). The molecule has 1 aliphatic heterocycles. The smallest absolute Gasteiger partial charge is 0.244 e. The number of nitrogens with zero attached hydrogens (tertiary/aromatic N) is 1. The molecule has 0 bridgehead atoms. The number of halogens is 2. The Morgan fingerprint density at radius 1 is 1.17 bits per heavy atom. The summed E-state index contributed by atoms with van der Waals surface area (Å²) >= 11 is 0. The molecule has 6 heteroatoms. The van der Waals surface area contributed by atoms with Gasteiger partial charge in [-0.2, -0.15) is 0 Å². The zero-order chi connectivity index (χ0) is 17.5. The van der Waals surface area contributed by atoms with Crippen molar-refractivity contribution < 1.29 is 18.4 Å². The summed E-state index contributed by atoms with van der Waals surface area (Å²) in [6, 6.07) is 10.1. The monoisotopic (exact) mass is 330 g/mol. The van der Waals surface area contributed by atoms with E-state index >= 15 is 0 Å². The second-order valence-corrected chi connectivity index (χ2v) is 6.21. The van der Waals surface area contributed by atoms with Gasteiger partial charge in [0.2, 0.25) is 11.8 Å². The Hall–Kier alpha value is -2.76. The maximum absolute atomic E-state index is 13.6. The largest absolute Gasteiger partial charge is 0.322 e. The minimum Gasteiger partial charge on any atom is -0.322 e. The van der Waals surface area contributed by atoms with Crippen LogP contribution in [-0.2, 0) is 15.0 Å². The highest BCUT2D eigenvalue weighted by molar-refractivity contribution is 6.11. The van der Waals surface area contributed by atoms with Gasteiger partial charge in [-0.05, 0) is 37.6 Å². The minimum atomic E-state index is -0.864. The van der Waals surface area contributed by atoms with E-state index in [4.69, 9.17) is 0 Å². The van der Waals surface area contributed by atoms with Gasteiger partial charge in [-0.3, -0.25) is 9.59 Å². The van der Waals surface area contributed by atoms with Gasteiger partial charge in [0.1, 0.15) is 18.2 Å². The number of carbonyl (C=O) groups excluding carboxylic acids is 2. The highest BCUT2D eigenvalue weighted by atomic mass is 19.1. The molecule has 0 saturated heterocycles. The van der Waals surface area contributed by atoms with E-state index in [1.165, 1.54) is 4.90 Å². The molecule has 0 spiro atoms. The van der Waals surface area contributed by atoms with Crippen LogP contribution in [0.5, 0.6) is 0 Å². The molecule has 24 heavy (non-hydrogen) atoms. The van der Waals surface area contributed by atoms with Crippen LogP contribution in [0.2, 0.25) is 0 Å². The third kappa shape index (κ3) is 2.64. The molecule has 0 radical (unpaired) electrons. The average molecular weight is 330 g/mol. The number of fused-ring (bicyclic) bond motifs is 1. The second kappa shape index (κ2) is 5.70. The van der Waals surface area contributed by atoms with Crippen molar-refractivity contribution in [3.05, 3.63) is 59.7 Å². The Morgan fingerprint density at radius 3 is 2.58 bits per heavy atom. The van der Waals surface area contributed by atoms with E-state index in [2.05, 4.69) is 5.32 Å². The highest BCUT2D eigenvalue weighted by Gasteiger charge is 2.44. The number of carbonyl (C=O) groups is 2. The van der Waals surface area contributed by atoms with E-state index in [1.807, 2.05) is 12.1 Å². The number of nitrogens with one attached hydrogen (secondary N) is 1. The molecular weight excluding hydrogens is 314 g/mol. The summed E-state index contributed by atoms with van der Waals surface area (Å²) in [5, 5.41) is 2.37. The van der Waals surface area contributed by atoms with Crippen LogP contribution >= 0.6 is 0 Å². The lowest BCUT2D eigenvalue weighted by atomic mass is 9.86. The fourth-order valence-corrected chi connectivity index (χ4v) is 2.88. The van der Waals surface area contributed by atoms with Crippen LogP contribution in [0.1, 0.15) is 19.4 Å². The Labute approximate surface area is 138 Å². The van der Waals surface area contributed by atoms with E-state index in [-0.39, 0.29) is 18.1 Å². The lowest BCUT2D eigenvalue weighted by Gasteiger charge is -2.20. The van der Waals surface area contributed by atoms with Crippen molar-refractivity contribution in [3.8, 4) is 0 Å². The molecule has 2 aromatic carbocycles. The summed E-state index contributed by atoms with van der Waals surface area (Å²) in [5.74, 6) is -2.34. The molecule has 2 amide bonds. The van der Waals surface area contributed by atoms with Crippen LogP contribution in [0.25, 0.3) is 0 Å². The van der Waals surface area contributed by atoms with Crippen molar-refractivity contribution in [2.24, 2.45) is 0 Å². The van der Waals surface area contributed by atoms with Crippen molar-refractivity contribution in [2.45, 2.75) is 19.3 Å². The second-order valence-electron chi connectivity index (χ2n) is 6.21. The maximum Gasteiger partial charge on any atom is 0.244 e. The molecule has 3 rings (SSSR count). The van der Waals surface area contributed by atoms with Crippen LogP contribution in [0.4, 0.5) is 20.2 Å². The predicted octanol–water partition coefficient (Wildman–Crippen LogP) is 3.23. The first kappa shape index (κ1) is 16.1. The summed E-state index contributed by atoms with van der Waals surface area (Å²) in [7, 11) is 0. The van der Waals surface area contributed by atoms with Gasteiger partial charge in [0.25, 0.3) is 0 Å². The van der Waals surface area contributed by atoms with Gasteiger partial charge in [-0.15, -0.1) is 0 Å². The van der Waals surface area contributed by atoms with E-state index in [9.17, 15) is 18.4 Å². The molecule has 2 aromatic rings. The molecule has 0 unspecified atom stereocenters. The highest BCUT2D eigenvalue weighted by Crippen LogP contribution is 2.41. The number of benzene rings is 2.